The molecule has 0 N–H and O–H groups in total. The molecule has 3 aromatic rings. The third-order valence-corrected chi connectivity index (χ3v) is 5.86. The molecule has 3 aromatic carbocycles. The Labute approximate surface area is 184 Å². The van der Waals surface area contributed by atoms with Crippen LogP contribution < -0.4 is 14.2 Å². The van der Waals surface area contributed by atoms with Crippen LogP contribution in [0, 0.1) is 5.82 Å². The second-order valence-corrected chi connectivity index (χ2v) is 7.86. The molecule has 2 atom stereocenters. The highest BCUT2D eigenvalue weighted by Gasteiger charge is 2.41. The first-order valence-corrected chi connectivity index (χ1v) is 10.2. The summed E-state index contributed by atoms with van der Waals surface area (Å²) in [6, 6.07) is 17.6. The average molecular weight is 439 g/mol. The van der Waals surface area contributed by atoms with Crippen LogP contribution in [0.15, 0.2) is 65.8 Å². The van der Waals surface area contributed by atoms with E-state index < -0.39 is 6.23 Å². The highest BCUT2D eigenvalue weighted by molar-refractivity contribution is 6.30. The third-order valence-electron chi connectivity index (χ3n) is 5.62. The first kappa shape index (κ1) is 19.7. The third kappa shape index (κ3) is 3.47. The minimum Gasteiger partial charge on any atom is -0.493 e. The van der Waals surface area contributed by atoms with E-state index in [9.17, 15) is 4.39 Å². The summed E-state index contributed by atoms with van der Waals surface area (Å²) in [6.45, 7) is 0. The van der Waals surface area contributed by atoms with Gasteiger partial charge in [-0.05, 0) is 48.5 Å². The standard InChI is InChI=1S/C24H20ClFN2O3/c1-29-22-9-5-15(11-23(22)30-2)19-13-20-18-12-16(25)6-10-21(18)31-24(28(20)27-19)14-3-7-17(26)8-4-14/h3-12,20,24H,13H2,1-2H3. The van der Waals surface area contributed by atoms with Gasteiger partial charge in [0, 0.05) is 28.1 Å². The quantitative estimate of drug-likeness (QED) is 0.521. The molecule has 0 spiro atoms. The Hall–Kier alpha value is -3.25. The van der Waals surface area contributed by atoms with E-state index in [1.165, 1.54) is 12.1 Å². The predicted molar refractivity (Wildman–Crippen MR) is 117 cm³/mol. The van der Waals surface area contributed by atoms with Crippen LogP contribution in [0.5, 0.6) is 17.2 Å². The number of rotatable bonds is 4. The molecule has 0 fully saturated rings. The molecule has 0 aliphatic carbocycles. The summed E-state index contributed by atoms with van der Waals surface area (Å²) in [5.41, 5.74) is 3.64. The van der Waals surface area contributed by atoms with E-state index in [1.807, 2.05) is 41.4 Å². The zero-order valence-electron chi connectivity index (χ0n) is 17.0. The van der Waals surface area contributed by atoms with Crippen LogP contribution in [0.3, 0.4) is 0 Å². The molecule has 158 valence electrons. The molecule has 0 amide bonds. The van der Waals surface area contributed by atoms with Crippen molar-refractivity contribution in [2.24, 2.45) is 5.10 Å². The van der Waals surface area contributed by atoms with Gasteiger partial charge in [-0.2, -0.15) is 5.10 Å². The smallest absolute Gasteiger partial charge is 0.213 e. The molecule has 7 heteroatoms. The number of methoxy groups -OCH3 is 2. The molecule has 2 aliphatic rings. The molecule has 2 heterocycles. The van der Waals surface area contributed by atoms with Crippen LogP contribution in [0.1, 0.15) is 35.4 Å². The maximum absolute atomic E-state index is 13.5. The van der Waals surface area contributed by atoms with Crippen LogP contribution >= 0.6 is 11.6 Å². The summed E-state index contributed by atoms with van der Waals surface area (Å²) in [4.78, 5) is 0. The Morgan fingerprint density at radius 1 is 1.00 bits per heavy atom. The number of ether oxygens (including phenoxy) is 3. The van der Waals surface area contributed by atoms with Gasteiger partial charge in [-0.25, -0.2) is 9.40 Å². The highest BCUT2D eigenvalue weighted by atomic mass is 35.5. The fraction of sp³-hybridized carbons (Fsp3) is 0.208. The Morgan fingerprint density at radius 2 is 1.77 bits per heavy atom. The minimum atomic E-state index is -0.475. The lowest BCUT2D eigenvalue weighted by Gasteiger charge is -2.38. The van der Waals surface area contributed by atoms with E-state index in [-0.39, 0.29) is 11.9 Å². The van der Waals surface area contributed by atoms with Crippen LogP contribution in [0.25, 0.3) is 0 Å². The van der Waals surface area contributed by atoms with Crippen LogP contribution in [0.4, 0.5) is 4.39 Å². The SMILES string of the molecule is COc1ccc(C2=NN3C(C2)c2cc(Cl)ccc2OC3c2ccc(F)cc2)cc1OC. The summed E-state index contributed by atoms with van der Waals surface area (Å²) in [6.07, 6.45) is 0.195. The monoisotopic (exact) mass is 438 g/mol. The summed E-state index contributed by atoms with van der Waals surface area (Å²) in [5, 5.41) is 7.48. The van der Waals surface area contributed by atoms with Crippen molar-refractivity contribution in [1.82, 2.24) is 5.01 Å². The van der Waals surface area contributed by atoms with Crippen molar-refractivity contribution in [2.45, 2.75) is 18.7 Å². The number of halogens is 2. The Bertz CT molecular complexity index is 1170. The van der Waals surface area contributed by atoms with Crippen molar-refractivity contribution in [3.8, 4) is 17.2 Å². The van der Waals surface area contributed by atoms with Gasteiger partial charge in [0.05, 0.1) is 26.0 Å². The number of hydrogen-bond donors (Lipinski definition) is 0. The van der Waals surface area contributed by atoms with Crippen molar-refractivity contribution in [3.05, 3.63) is 88.2 Å². The fourth-order valence-electron chi connectivity index (χ4n) is 4.10. The van der Waals surface area contributed by atoms with E-state index >= 15 is 0 Å². The molecule has 5 nitrogen and oxygen atoms in total. The van der Waals surface area contributed by atoms with Gasteiger partial charge >= 0.3 is 0 Å². The lowest BCUT2D eigenvalue weighted by molar-refractivity contribution is -0.0190. The Balaban J connectivity index is 1.58. The lowest BCUT2D eigenvalue weighted by atomic mass is 9.95. The Kier molecular flexibility index (Phi) is 4.94. The molecule has 0 saturated carbocycles. The number of hydrogen-bond acceptors (Lipinski definition) is 5. The molecular weight excluding hydrogens is 419 g/mol. The summed E-state index contributed by atoms with van der Waals surface area (Å²) in [7, 11) is 3.22. The molecule has 31 heavy (non-hydrogen) atoms. The van der Waals surface area contributed by atoms with E-state index in [2.05, 4.69) is 0 Å². The van der Waals surface area contributed by atoms with Gasteiger partial charge in [0.2, 0.25) is 6.23 Å². The largest absolute Gasteiger partial charge is 0.493 e. The topological polar surface area (TPSA) is 43.3 Å². The number of fused-ring (bicyclic) bond motifs is 3. The number of benzene rings is 3. The fourth-order valence-corrected chi connectivity index (χ4v) is 4.28. The Morgan fingerprint density at radius 3 is 2.52 bits per heavy atom. The molecular formula is C24H20ClFN2O3. The van der Waals surface area contributed by atoms with Crippen LogP contribution in [-0.2, 0) is 0 Å². The molecule has 5 rings (SSSR count). The molecule has 2 aliphatic heterocycles. The molecule has 0 radical (unpaired) electrons. The van der Waals surface area contributed by atoms with Gasteiger partial charge < -0.3 is 14.2 Å². The second-order valence-electron chi connectivity index (χ2n) is 7.42. The van der Waals surface area contributed by atoms with Gasteiger partial charge in [-0.15, -0.1) is 0 Å². The molecule has 0 saturated heterocycles. The van der Waals surface area contributed by atoms with Crippen molar-refractivity contribution >= 4 is 17.3 Å². The van der Waals surface area contributed by atoms with Crippen molar-refractivity contribution in [1.29, 1.82) is 0 Å². The lowest BCUT2D eigenvalue weighted by Crippen LogP contribution is -2.33. The first-order valence-electron chi connectivity index (χ1n) is 9.87. The summed E-state index contributed by atoms with van der Waals surface area (Å²) in [5.74, 6) is 1.76. The maximum atomic E-state index is 13.5. The van der Waals surface area contributed by atoms with Gasteiger partial charge in [0.15, 0.2) is 11.5 Å². The van der Waals surface area contributed by atoms with Crippen LogP contribution in [-0.4, -0.2) is 24.9 Å². The molecule has 0 bridgehead atoms. The van der Waals surface area contributed by atoms with Gasteiger partial charge in [0.25, 0.3) is 0 Å². The first-order chi connectivity index (χ1) is 15.1. The molecule has 2 unspecified atom stereocenters. The minimum absolute atomic E-state index is 0.0550. The second kappa shape index (κ2) is 7.78. The highest BCUT2D eigenvalue weighted by Crippen LogP contribution is 2.48. The van der Waals surface area contributed by atoms with E-state index in [0.29, 0.717) is 22.9 Å². The summed E-state index contributed by atoms with van der Waals surface area (Å²) < 4.78 is 30.6. The zero-order valence-corrected chi connectivity index (χ0v) is 17.8. The molecule has 0 aromatic heterocycles. The normalized spacial score (nSPS) is 19.2. The van der Waals surface area contributed by atoms with Gasteiger partial charge in [0.1, 0.15) is 11.6 Å². The average Bonchev–Trinajstić information content (AvgIpc) is 3.24. The van der Waals surface area contributed by atoms with Crippen molar-refractivity contribution in [2.75, 3.05) is 14.2 Å². The summed E-state index contributed by atoms with van der Waals surface area (Å²) >= 11 is 6.28. The van der Waals surface area contributed by atoms with E-state index in [1.54, 1.807) is 26.4 Å². The number of hydrazone groups is 1. The maximum Gasteiger partial charge on any atom is 0.213 e. The van der Waals surface area contributed by atoms with Gasteiger partial charge in [-0.3, -0.25) is 0 Å². The van der Waals surface area contributed by atoms with E-state index in [4.69, 9.17) is 30.9 Å². The van der Waals surface area contributed by atoms with Gasteiger partial charge in [-0.1, -0.05) is 23.7 Å². The van der Waals surface area contributed by atoms with E-state index in [0.717, 1.165) is 28.2 Å². The van der Waals surface area contributed by atoms with Crippen molar-refractivity contribution < 1.29 is 18.6 Å². The number of nitrogens with zero attached hydrogens (tertiary/aromatic N) is 2. The zero-order chi connectivity index (χ0) is 21.5. The van der Waals surface area contributed by atoms with Crippen LogP contribution in [0.2, 0.25) is 5.02 Å². The van der Waals surface area contributed by atoms with Crippen molar-refractivity contribution in [3.63, 3.8) is 0 Å². The predicted octanol–water partition coefficient (Wildman–Crippen LogP) is 5.74.